The van der Waals surface area contributed by atoms with E-state index in [1.54, 1.807) is 6.07 Å². The highest BCUT2D eigenvalue weighted by Crippen LogP contribution is 2.26. The molecule has 0 aromatic heterocycles. The van der Waals surface area contributed by atoms with Crippen molar-refractivity contribution < 1.29 is 27.5 Å². The van der Waals surface area contributed by atoms with E-state index < -0.39 is 36.5 Å². The fraction of sp³-hybridized carbons (Fsp3) is 0.417. The first-order valence-electron chi connectivity index (χ1n) is 5.50. The van der Waals surface area contributed by atoms with Gasteiger partial charge in [-0.05, 0) is 24.6 Å². The predicted molar refractivity (Wildman–Crippen MR) is 60.0 cm³/mol. The van der Waals surface area contributed by atoms with Gasteiger partial charge in [0.15, 0.2) is 5.92 Å². The van der Waals surface area contributed by atoms with Crippen LogP contribution in [-0.2, 0) is 4.79 Å². The van der Waals surface area contributed by atoms with Crippen LogP contribution in [0.25, 0.3) is 0 Å². The van der Waals surface area contributed by atoms with Crippen molar-refractivity contribution in [1.29, 1.82) is 0 Å². The minimum atomic E-state index is -4.82. The molecule has 19 heavy (non-hydrogen) atoms. The van der Waals surface area contributed by atoms with Crippen LogP contribution in [0.15, 0.2) is 24.3 Å². The Labute approximate surface area is 107 Å². The molecule has 0 radical (unpaired) electrons. The number of carboxylic acids is 1. The summed E-state index contributed by atoms with van der Waals surface area (Å²) < 4.78 is 50.2. The first-order valence-corrected chi connectivity index (χ1v) is 5.50. The molecule has 2 unspecified atom stereocenters. The molecule has 0 spiro atoms. The number of carbonyl (C=O) groups is 1. The Bertz CT molecular complexity index is 448. The van der Waals surface area contributed by atoms with Gasteiger partial charge in [0.05, 0.1) is 0 Å². The van der Waals surface area contributed by atoms with Crippen LogP contribution >= 0.6 is 0 Å². The van der Waals surface area contributed by atoms with E-state index in [4.69, 9.17) is 5.11 Å². The lowest BCUT2D eigenvalue weighted by atomic mass is 10.1. The summed E-state index contributed by atoms with van der Waals surface area (Å²) in [7, 11) is 0. The zero-order chi connectivity index (χ0) is 14.6. The molecule has 0 aliphatic heterocycles. The molecule has 1 aromatic carbocycles. The van der Waals surface area contributed by atoms with Crippen molar-refractivity contribution in [3.05, 3.63) is 35.6 Å². The van der Waals surface area contributed by atoms with Crippen molar-refractivity contribution in [3.63, 3.8) is 0 Å². The van der Waals surface area contributed by atoms with Crippen LogP contribution in [0.2, 0.25) is 0 Å². The molecule has 0 aliphatic rings. The average Bonchev–Trinajstić information content (AvgIpc) is 2.26. The van der Waals surface area contributed by atoms with E-state index in [0.29, 0.717) is 5.56 Å². The Morgan fingerprint density at radius 2 is 2.05 bits per heavy atom. The fourth-order valence-corrected chi connectivity index (χ4v) is 1.53. The Hall–Kier alpha value is -1.63. The third-order valence-electron chi connectivity index (χ3n) is 2.67. The molecule has 0 saturated heterocycles. The van der Waals surface area contributed by atoms with Gasteiger partial charge in [0.2, 0.25) is 0 Å². The maximum Gasteiger partial charge on any atom is 0.403 e. The molecule has 0 saturated carbocycles. The highest BCUT2D eigenvalue weighted by atomic mass is 19.4. The minimum Gasteiger partial charge on any atom is -0.481 e. The third-order valence-corrected chi connectivity index (χ3v) is 2.67. The van der Waals surface area contributed by atoms with Gasteiger partial charge in [0.1, 0.15) is 5.82 Å². The molecule has 0 aliphatic carbocycles. The molecule has 3 nitrogen and oxygen atoms in total. The molecule has 0 fully saturated rings. The van der Waals surface area contributed by atoms with Crippen molar-refractivity contribution in [1.82, 2.24) is 5.32 Å². The van der Waals surface area contributed by atoms with Gasteiger partial charge in [-0.1, -0.05) is 12.1 Å². The molecule has 1 rings (SSSR count). The van der Waals surface area contributed by atoms with Crippen LogP contribution in [0.1, 0.15) is 18.5 Å². The number of aliphatic carboxylic acids is 1. The van der Waals surface area contributed by atoms with Gasteiger partial charge in [-0.2, -0.15) is 13.2 Å². The van der Waals surface area contributed by atoms with E-state index >= 15 is 0 Å². The molecule has 7 heteroatoms. The van der Waals surface area contributed by atoms with Crippen LogP contribution < -0.4 is 5.32 Å². The van der Waals surface area contributed by atoms with Crippen molar-refractivity contribution in [2.75, 3.05) is 6.54 Å². The van der Waals surface area contributed by atoms with Gasteiger partial charge < -0.3 is 10.4 Å². The zero-order valence-corrected chi connectivity index (χ0v) is 10.0. The molecular weight excluding hydrogens is 266 g/mol. The maximum atomic E-state index is 12.9. The number of nitrogens with one attached hydrogen (secondary N) is 1. The van der Waals surface area contributed by atoms with Crippen LogP contribution in [0.5, 0.6) is 0 Å². The van der Waals surface area contributed by atoms with Crippen molar-refractivity contribution >= 4 is 5.97 Å². The number of halogens is 4. The monoisotopic (exact) mass is 279 g/mol. The first kappa shape index (κ1) is 15.4. The Morgan fingerprint density at radius 1 is 1.42 bits per heavy atom. The van der Waals surface area contributed by atoms with Crippen LogP contribution in [0.4, 0.5) is 17.6 Å². The number of hydrogen-bond donors (Lipinski definition) is 2. The normalized spacial score (nSPS) is 15.0. The molecule has 2 N–H and O–H groups in total. The lowest BCUT2D eigenvalue weighted by Crippen LogP contribution is -2.39. The van der Waals surface area contributed by atoms with Gasteiger partial charge in [0.25, 0.3) is 0 Å². The molecular formula is C12H13F4NO2. The molecule has 106 valence electrons. The van der Waals surface area contributed by atoms with E-state index in [2.05, 4.69) is 5.32 Å². The average molecular weight is 279 g/mol. The summed E-state index contributed by atoms with van der Waals surface area (Å²) in [5, 5.41) is 11.0. The third kappa shape index (κ3) is 4.51. The zero-order valence-electron chi connectivity index (χ0n) is 10.0. The second-order valence-corrected chi connectivity index (χ2v) is 4.12. The van der Waals surface area contributed by atoms with E-state index in [9.17, 15) is 22.4 Å². The van der Waals surface area contributed by atoms with E-state index in [0.717, 1.165) is 0 Å². The van der Waals surface area contributed by atoms with Crippen LogP contribution in [0.3, 0.4) is 0 Å². The Morgan fingerprint density at radius 3 is 2.53 bits per heavy atom. The Balaban J connectivity index is 2.67. The molecule has 0 bridgehead atoms. The van der Waals surface area contributed by atoms with Gasteiger partial charge in [-0.15, -0.1) is 0 Å². The standard InChI is InChI=1S/C12H13F4NO2/c1-7(8-3-2-4-9(13)5-8)17-6-10(11(18)19)12(14,15)16/h2-5,7,10,17H,6H2,1H3,(H,18,19). The molecule has 1 aromatic rings. The summed E-state index contributed by atoms with van der Waals surface area (Å²) in [5.74, 6) is -4.92. The van der Waals surface area contributed by atoms with Crippen molar-refractivity contribution in [2.45, 2.75) is 19.1 Å². The predicted octanol–water partition coefficient (Wildman–Crippen LogP) is 2.74. The van der Waals surface area contributed by atoms with E-state index in [-0.39, 0.29) is 0 Å². The number of carboxylic acid groups (broad SMARTS) is 1. The highest BCUT2D eigenvalue weighted by Gasteiger charge is 2.44. The molecule has 0 amide bonds. The second kappa shape index (κ2) is 6.01. The summed E-state index contributed by atoms with van der Waals surface area (Å²) in [6.45, 7) is 0.764. The maximum absolute atomic E-state index is 12.9. The Kier molecular flexibility index (Phi) is 4.88. The fourth-order valence-electron chi connectivity index (χ4n) is 1.53. The lowest BCUT2D eigenvalue weighted by molar-refractivity contribution is -0.192. The minimum absolute atomic E-state index is 0.450. The van der Waals surface area contributed by atoms with Gasteiger partial charge in [-0.3, -0.25) is 4.79 Å². The smallest absolute Gasteiger partial charge is 0.403 e. The SMILES string of the molecule is CC(NCC(C(=O)O)C(F)(F)F)c1cccc(F)c1. The largest absolute Gasteiger partial charge is 0.481 e. The van der Waals surface area contributed by atoms with E-state index in [1.807, 2.05) is 0 Å². The summed E-state index contributed by atoms with van der Waals surface area (Å²) in [6.07, 6.45) is -4.82. The summed E-state index contributed by atoms with van der Waals surface area (Å²) in [5.41, 5.74) is 0.450. The number of hydrogen-bond acceptors (Lipinski definition) is 2. The number of rotatable bonds is 5. The van der Waals surface area contributed by atoms with Gasteiger partial charge in [-0.25, -0.2) is 4.39 Å². The van der Waals surface area contributed by atoms with Crippen LogP contribution in [0, 0.1) is 11.7 Å². The van der Waals surface area contributed by atoms with Gasteiger partial charge >= 0.3 is 12.1 Å². The molecule has 2 atom stereocenters. The molecule has 0 heterocycles. The number of alkyl halides is 3. The van der Waals surface area contributed by atoms with Crippen molar-refractivity contribution in [2.24, 2.45) is 5.92 Å². The van der Waals surface area contributed by atoms with Gasteiger partial charge in [0, 0.05) is 12.6 Å². The lowest BCUT2D eigenvalue weighted by Gasteiger charge is -2.20. The first-order chi connectivity index (χ1) is 8.71. The second-order valence-electron chi connectivity index (χ2n) is 4.12. The topological polar surface area (TPSA) is 49.3 Å². The summed E-state index contributed by atoms with van der Waals surface area (Å²) in [6, 6.07) is 4.79. The van der Waals surface area contributed by atoms with Crippen molar-refractivity contribution in [3.8, 4) is 0 Å². The van der Waals surface area contributed by atoms with Crippen LogP contribution in [-0.4, -0.2) is 23.8 Å². The quantitative estimate of drug-likeness (QED) is 0.815. The van der Waals surface area contributed by atoms with E-state index in [1.165, 1.54) is 25.1 Å². The summed E-state index contributed by atoms with van der Waals surface area (Å²) >= 11 is 0. The summed E-state index contributed by atoms with van der Waals surface area (Å²) in [4.78, 5) is 10.5. The number of benzene rings is 1. The highest BCUT2D eigenvalue weighted by molar-refractivity contribution is 5.71.